The number of nitro benzene ring substituents is 1. The predicted molar refractivity (Wildman–Crippen MR) is 104 cm³/mol. The topological polar surface area (TPSA) is 142 Å². The van der Waals surface area contributed by atoms with Crippen molar-refractivity contribution < 1.29 is 18.1 Å². The van der Waals surface area contributed by atoms with Gasteiger partial charge in [-0.3, -0.25) is 20.3 Å². The summed E-state index contributed by atoms with van der Waals surface area (Å²) in [5.41, 5.74) is 2.95. The van der Waals surface area contributed by atoms with E-state index < -0.39 is 14.9 Å². The summed E-state index contributed by atoms with van der Waals surface area (Å²) in [4.78, 5) is 23.2. The van der Waals surface area contributed by atoms with Crippen molar-refractivity contribution in [2.75, 3.05) is 10.6 Å². The molecule has 0 aliphatic carbocycles. The van der Waals surface area contributed by atoms with E-state index in [4.69, 9.17) is 12.2 Å². The lowest BCUT2D eigenvalue weighted by atomic mass is 10.3. The van der Waals surface area contributed by atoms with Crippen molar-refractivity contribution in [1.82, 2.24) is 10.3 Å². The Morgan fingerprint density at radius 2 is 1.74 bits per heavy atom. The van der Waals surface area contributed by atoms with Crippen LogP contribution in [-0.2, 0) is 14.8 Å². The number of nitrogens with zero attached hydrogens (tertiary/aromatic N) is 1. The Hall–Kier alpha value is -3.09. The Bertz CT molecular complexity index is 976. The summed E-state index contributed by atoms with van der Waals surface area (Å²) in [5.74, 6) is -0.275. The molecule has 0 bridgehead atoms. The fourth-order valence-electron chi connectivity index (χ4n) is 1.95. The third kappa shape index (κ3) is 5.99. The first kappa shape index (κ1) is 20.2. The molecule has 4 N–H and O–H groups in total. The van der Waals surface area contributed by atoms with Crippen molar-refractivity contribution in [3.63, 3.8) is 0 Å². The zero-order chi connectivity index (χ0) is 20.0. The highest BCUT2D eigenvalue weighted by atomic mass is 32.2. The van der Waals surface area contributed by atoms with E-state index in [0.29, 0.717) is 11.4 Å². The summed E-state index contributed by atoms with van der Waals surface area (Å²) in [5, 5.41) is 15.8. The number of carbonyl (C=O) groups excluding carboxylic acids is 1. The van der Waals surface area contributed by atoms with Crippen molar-refractivity contribution in [1.29, 1.82) is 0 Å². The van der Waals surface area contributed by atoms with Gasteiger partial charge in [0.05, 0.1) is 9.82 Å². The molecule has 27 heavy (non-hydrogen) atoms. The molecule has 0 spiro atoms. The highest BCUT2D eigenvalue weighted by Gasteiger charge is 2.14. The summed E-state index contributed by atoms with van der Waals surface area (Å²) >= 11 is 4.96. The van der Waals surface area contributed by atoms with Crippen LogP contribution in [0.15, 0.2) is 53.4 Å². The number of sulfonamides is 1. The van der Waals surface area contributed by atoms with E-state index in [9.17, 15) is 23.3 Å². The van der Waals surface area contributed by atoms with Crippen LogP contribution in [0.5, 0.6) is 0 Å². The first-order chi connectivity index (χ1) is 12.7. The molecule has 0 unspecified atom stereocenters. The SMILES string of the molecule is CC(=O)Nc1ccc(S(=O)(=O)NNC(=S)Nc2cccc([N+](=O)[O-])c2)cc1. The summed E-state index contributed by atoms with van der Waals surface area (Å²) < 4.78 is 24.5. The fourth-order valence-corrected chi connectivity index (χ4v) is 3.03. The van der Waals surface area contributed by atoms with Crippen LogP contribution < -0.4 is 20.9 Å². The van der Waals surface area contributed by atoms with Crippen molar-refractivity contribution in [2.24, 2.45) is 0 Å². The second kappa shape index (κ2) is 8.53. The van der Waals surface area contributed by atoms with Gasteiger partial charge in [0, 0.05) is 30.4 Å². The number of anilines is 2. The van der Waals surface area contributed by atoms with Crippen molar-refractivity contribution >= 4 is 50.3 Å². The summed E-state index contributed by atoms with van der Waals surface area (Å²) in [7, 11) is -3.92. The molecule has 0 saturated heterocycles. The van der Waals surface area contributed by atoms with Crippen molar-refractivity contribution in [3.8, 4) is 0 Å². The van der Waals surface area contributed by atoms with E-state index in [1.807, 2.05) is 0 Å². The first-order valence-electron chi connectivity index (χ1n) is 7.38. The van der Waals surface area contributed by atoms with Crippen LogP contribution in [0.1, 0.15) is 6.92 Å². The molecule has 0 aromatic heterocycles. The molecule has 0 heterocycles. The van der Waals surface area contributed by atoms with Gasteiger partial charge in [-0.15, -0.1) is 4.83 Å². The predicted octanol–water partition coefficient (Wildman–Crippen LogP) is 1.73. The monoisotopic (exact) mass is 409 g/mol. The molecule has 1 amide bonds. The van der Waals surface area contributed by atoms with E-state index in [1.165, 1.54) is 55.5 Å². The lowest BCUT2D eigenvalue weighted by molar-refractivity contribution is -0.384. The molecule has 2 aromatic rings. The Morgan fingerprint density at radius 3 is 2.33 bits per heavy atom. The molecular weight excluding hydrogens is 394 g/mol. The largest absolute Gasteiger partial charge is 0.331 e. The van der Waals surface area contributed by atoms with Gasteiger partial charge in [0.2, 0.25) is 5.91 Å². The fraction of sp³-hybridized carbons (Fsp3) is 0.0667. The zero-order valence-electron chi connectivity index (χ0n) is 13.9. The van der Waals surface area contributed by atoms with Crippen LogP contribution in [0, 0.1) is 10.1 Å². The van der Waals surface area contributed by atoms with Crippen LogP contribution in [0.3, 0.4) is 0 Å². The van der Waals surface area contributed by atoms with E-state index in [0.717, 1.165) is 0 Å². The first-order valence-corrected chi connectivity index (χ1v) is 9.27. The lowest BCUT2D eigenvalue weighted by Crippen LogP contribution is -2.43. The summed E-state index contributed by atoms with van der Waals surface area (Å²) in [6.45, 7) is 1.34. The van der Waals surface area contributed by atoms with Gasteiger partial charge >= 0.3 is 0 Å². The smallest absolute Gasteiger partial charge is 0.271 e. The van der Waals surface area contributed by atoms with Gasteiger partial charge in [-0.05, 0) is 42.5 Å². The Balaban J connectivity index is 1.98. The minimum absolute atomic E-state index is 0.0535. The minimum Gasteiger partial charge on any atom is -0.331 e. The number of hydrazine groups is 1. The number of rotatable bonds is 6. The molecule has 2 aromatic carbocycles. The second-order valence-corrected chi connectivity index (χ2v) is 7.29. The molecule has 0 saturated carbocycles. The van der Waals surface area contributed by atoms with Crippen molar-refractivity contribution in [3.05, 3.63) is 58.6 Å². The van der Waals surface area contributed by atoms with Gasteiger partial charge in [-0.1, -0.05) is 6.07 Å². The molecular formula is C15H15N5O5S2. The highest BCUT2D eigenvalue weighted by molar-refractivity contribution is 7.89. The molecule has 0 atom stereocenters. The van der Waals surface area contributed by atoms with E-state index >= 15 is 0 Å². The van der Waals surface area contributed by atoms with Crippen LogP contribution in [0.25, 0.3) is 0 Å². The van der Waals surface area contributed by atoms with Crippen LogP contribution >= 0.6 is 12.2 Å². The third-order valence-electron chi connectivity index (χ3n) is 3.10. The molecule has 2 rings (SSSR count). The van der Waals surface area contributed by atoms with Gasteiger partial charge in [0.1, 0.15) is 0 Å². The normalized spacial score (nSPS) is 10.7. The quantitative estimate of drug-likeness (QED) is 0.321. The van der Waals surface area contributed by atoms with E-state index in [-0.39, 0.29) is 21.6 Å². The summed E-state index contributed by atoms with van der Waals surface area (Å²) in [6.07, 6.45) is 0. The molecule has 12 heteroatoms. The average molecular weight is 409 g/mol. The summed E-state index contributed by atoms with van der Waals surface area (Å²) in [6, 6.07) is 11.1. The molecule has 0 radical (unpaired) electrons. The van der Waals surface area contributed by atoms with Gasteiger partial charge < -0.3 is 10.6 Å². The molecule has 10 nitrogen and oxygen atoms in total. The van der Waals surface area contributed by atoms with Crippen molar-refractivity contribution in [2.45, 2.75) is 11.8 Å². The maximum atomic E-state index is 12.2. The molecule has 142 valence electrons. The van der Waals surface area contributed by atoms with Crippen LogP contribution in [0.2, 0.25) is 0 Å². The number of non-ortho nitro benzene ring substituents is 1. The number of nitro groups is 1. The van der Waals surface area contributed by atoms with Gasteiger partial charge in [0.25, 0.3) is 15.7 Å². The van der Waals surface area contributed by atoms with E-state index in [2.05, 4.69) is 20.9 Å². The zero-order valence-corrected chi connectivity index (χ0v) is 15.6. The highest BCUT2D eigenvalue weighted by Crippen LogP contribution is 2.17. The molecule has 0 aliphatic heterocycles. The maximum absolute atomic E-state index is 12.2. The maximum Gasteiger partial charge on any atom is 0.271 e. The van der Waals surface area contributed by atoms with Crippen LogP contribution in [-0.4, -0.2) is 24.4 Å². The number of amides is 1. The number of thiocarbonyl (C=S) groups is 1. The molecule has 0 fully saturated rings. The lowest BCUT2D eigenvalue weighted by Gasteiger charge is -2.12. The number of hydrogen-bond acceptors (Lipinski definition) is 6. The number of benzene rings is 2. The van der Waals surface area contributed by atoms with E-state index in [1.54, 1.807) is 0 Å². The Kier molecular flexibility index (Phi) is 6.39. The number of carbonyl (C=O) groups is 1. The Morgan fingerprint density at radius 1 is 1.07 bits per heavy atom. The van der Waals surface area contributed by atoms with Gasteiger partial charge in [0.15, 0.2) is 5.11 Å². The number of nitrogens with one attached hydrogen (secondary N) is 4. The van der Waals surface area contributed by atoms with Crippen LogP contribution in [0.4, 0.5) is 17.1 Å². The third-order valence-corrected chi connectivity index (χ3v) is 4.57. The Labute approximate surface area is 160 Å². The second-order valence-electron chi connectivity index (χ2n) is 5.20. The number of hydrogen-bond donors (Lipinski definition) is 4. The van der Waals surface area contributed by atoms with Gasteiger partial charge in [-0.2, -0.15) is 0 Å². The molecule has 0 aliphatic rings. The standard InChI is InChI=1S/C15H15N5O5S2/c1-10(21)16-11-5-7-14(8-6-11)27(24,25)19-18-15(26)17-12-3-2-4-13(9-12)20(22)23/h2-9,19H,1H3,(H,16,21)(H2,17,18,26). The van der Waals surface area contributed by atoms with Gasteiger partial charge in [-0.25, -0.2) is 8.42 Å². The average Bonchev–Trinajstić information content (AvgIpc) is 2.60. The minimum atomic E-state index is -3.92.